The average molecular weight is 354 g/mol. The summed E-state index contributed by atoms with van der Waals surface area (Å²) in [4.78, 5) is 25.7. The van der Waals surface area contributed by atoms with E-state index in [9.17, 15) is 14.0 Å². The molecular formula is C15H10Cl2FN3O2. The summed E-state index contributed by atoms with van der Waals surface area (Å²) in [6, 6.07) is 4.08. The second-order valence-corrected chi connectivity index (χ2v) is 5.76. The normalized spacial score (nSPS) is 11.1. The Morgan fingerprint density at radius 1 is 1.35 bits per heavy atom. The first-order valence-corrected chi connectivity index (χ1v) is 7.29. The molecule has 2 heterocycles. The zero-order valence-corrected chi connectivity index (χ0v) is 13.1. The van der Waals surface area contributed by atoms with E-state index in [0.29, 0.717) is 17.7 Å². The van der Waals surface area contributed by atoms with E-state index in [0.717, 1.165) is 0 Å². The SMILES string of the molecule is NC(=O)c1cc(Cc2c[nH]c(=O)c3c(Cl)c(Cl)cn23)ccc1F. The molecule has 0 aliphatic heterocycles. The fourth-order valence-electron chi connectivity index (χ4n) is 2.39. The number of nitrogens with zero attached hydrogens (tertiary/aromatic N) is 1. The number of carbonyl (C=O) groups is 1. The van der Waals surface area contributed by atoms with Crippen LogP contribution in [-0.2, 0) is 6.42 Å². The molecule has 3 N–H and O–H groups in total. The highest BCUT2D eigenvalue weighted by molar-refractivity contribution is 6.44. The van der Waals surface area contributed by atoms with Crippen molar-refractivity contribution >= 4 is 34.6 Å². The Bertz CT molecular complexity index is 994. The van der Waals surface area contributed by atoms with Crippen LogP contribution in [-0.4, -0.2) is 15.3 Å². The first kappa shape index (κ1) is 15.6. The van der Waals surface area contributed by atoms with E-state index in [2.05, 4.69) is 4.98 Å². The van der Waals surface area contributed by atoms with E-state index in [1.807, 2.05) is 0 Å². The Balaban J connectivity index is 2.11. The zero-order valence-electron chi connectivity index (χ0n) is 11.6. The Labute approximate surface area is 139 Å². The van der Waals surface area contributed by atoms with Gasteiger partial charge in [0.2, 0.25) is 0 Å². The maximum Gasteiger partial charge on any atom is 0.273 e. The summed E-state index contributed by atoms with van der Waals surface area (Å²) < 4.78 is 15.1. The molecule has 1 amide bonds. The number of benzene rings is 1. The van der Waals surface area contributed by atoms with E-state index in [-0.39, 0.29) is 26.7 Å². The number of nitrogens with two attached hydrogens (primary N) is 1. The maximum absolute atomic E-state index is 13.5. The first-order chi connectivity index (χ1) is 10.9. The fourth-order valence-corrected chi connectivity index (χ4v) is 2.81. The van der Waals surface area contributed by atoms with Gasteiger partial charge >= 0.3 is 0 Å². The third kappa shape index (κ3) is 2.71. The van der Waals surface area contributed by atoms with Gasteiger partial charge in [-0.2, -0.15) is 0 Å². The van der Waals surface area contributed by atoms with Crippen molar-refractivity contribution in [2.75, 3.05) is 0 Å². The molecule has 118 valence electrons. The number of carbonyl (C=O) groups excluding carboxylic acids is 1. The molecule has 1 aromatic carbocycles. The highest BCUT2D eigenvalue weighted by Crippen LogP contribution is 2.27. The minimum Gasteiger partial charge on any atom is -0.366 e. The molecule has 8 heteroatoms. The Kier molecular flexibility index (Phi) is 3.87. The number of nitrogens with one attached hydrogen (secondary N) is 1. The summed E-state index contributed by atoms with van der Waals surface area (Å²) in [6.07, 6.45) is 3.35. The Hall–Kier alpha value is -2.31. The van der Waals surface area contributed by atoms with Crippen molar-refractivity contribution in [3.8, 4) is 0 Å². The molecule has 0 saturated carbocycles. The van der Waals surface area contributed by atoms with E-state index < -0.39 is 11.7 Å². The summed E-state index contributed by atoms with van der Waals surface area (Å²) in [5.41, 5.74) is 6.12. The van der Waals surface area contributed by atoms with E-state index in [1.54, 1.807) is 4.40 Å². The van der Waals surface area contributed by atoms with Gasteiger partial charge in [-0.05, 0) is 17.7 Å². The molecule has 0 bridgehead atoms. The predicted octanol–water partition coefficient (Wildman–Crippen LogP) is 2.76. The topological polar surface area (TPSA) is 80.4 Å². The third-order valence-corrected chi connectivity index (χ3v) is 4.24. The number of primary amides is 1. The minimum atomic E-state index is -0.844. The molecule has 0 unspecified atom stereocenters. The molecule has 2 aromatic heterocycles. The summed E-state index contributed by atoms with van der Waals surface area (Å²) >= 11 is 12.0. The predicted molar refractivity (Wildman–Crippen MR) is 85.8 cm³/mol. The number of aromatic nitrogens is 2. The standard InChI is InChI=1S/C15H10Cl2FN3O2/c16-10-6-21-8(5-20-15(23)13(21)12(10)17)3-7-1-2-11(18)9(4-7)14(19)22/h1-2,4-6H,3H2,(H2,19,22)(H,20,23). The van der Waals surface area contributed by atoms with Gasteiger partial charge < -0.3 is 15.1 Å². The molecule has 5 nitrogen and oxygen atoms in total. The molecule has 0 saturated heterocycles. The van der Waals surface area contributed by atoms with Crippen LogP contribution in [0.15, 0.2) is 35.4 Å². The molecule has 0 aliphatic rings. The molecule has 0 radical (unpaired) electrons. The van der Waals surface area contributed by atoms with Gasteiger partial charge in [0.25, 0.3) is 11.5 Å². The van der Waals surface area contributed by atoms with Gasteiger partial charge in [0.05, 0.1) is 15.6 Å². The van der Waals surface area contributed by atoms with E-state index in [4.69, 9.17) is 28.9 Å². The number of H-pyrrole nitrogens is 1. The molecule has 3 aromatic rings. The van der Waals surface area contributed by atoms with Crippen molar-refractivity contribution in [1.82, 2.24) is 9.38 Å². The fraction of sp³-hybridized carbons (Fsp3) is 0.0667. The largest absolute Gasteiger partial charge is 0.366 e. The summed E-state index contributed by atoms with van der Waals surface area (Å²) in [5, 5.41) is 0.410. The Morgan fingerprint density at radius 2 is 2.09 bits per heavy atom. The van der Waals surface area contributed by atoms with E-state index in [1.165, 1.54) is 30.6 Å². The van der Waals surface area contributed by atoms with Crippen molar-refractivity contribution in [1.29, 1.82) is 0 Å². The second-order valence-electron chi connectivity index (χ2n) is 4.97. The number of hydrogen-bond donors (Lipinski definition) is 2. The molecule has 0 atom stereocenters. The van der Waals surface area contributed by atoms with Gasteiger partial charge in [-0.25, -0.2) is 4.39 Å². The number of hydrogen-bond acceptors (Lipinski definition) is 2. The van der Waals surface area contributed by atoms with Crippen molar-refractivity contribution in [3.05, 3.63) is 73.6 Å². The van der Waals surface area contributed by atoms with Crippen LogP contribution >= 0.6 is 23.2 Å². The van der Waals surface area contributed by atoms with Crippen LogP contribution in [0.5, 0.6) is 0 Å². The lowest BCUT2D eigenvalue weighted by Crippen LogP contribution is -2.14. The minimum absolute atomic E-state index is 0.159. The Morgan fingerprint density at radius 3 is 2.78 bits per heavy atom. The summed E-state index contributed by atoms with van der Waals surface area (Å²) in [5.74, 6) is -1.53. The van der Waals surface area contributed by atoms with Gasteiger partial charge in [-0.1, -0.05) is 29.3 Å². The number of halogens is 3. The number of rotatable bonds is 3. The quantitative estimate of drug-likeness (QED) is 0.759. The van der Waals surface area contributed by atoms with Crippen molar-refractivity contribution < 1.29 is 9.18 Å². The van der Waals surface area contributed by atoms with Crippen LogP contribution in [0.4, 0.5) is 4.39 Å². The van der Waals surface area contributed by atoms with Gasteiger partial charge in [0.1, 0.15) is 11.3 Å². The molecule has 0 spiro atoms. The van der Waals surface area contributed by atoms with Crippen molar-refractivity contribution in [3.63, 3.8) is 0 Å². The molecule has 23 heavy (non-hydrogen) atoms. The van der Waals surface area contributed by atoms with Gasteiger partial charge in [0, 0.05) is 24.5 Å². The summed E-state index contributed by atoms with van der Waals surface area (Å²) in [7, 11) is 0. The number of amides is 1. The van der Waals surface area contributed by atoms with Crippen molar-refractivity contribution in [2.45, 2.75) is 6.42 Å². The monoisotopic (exact) mass is 353 g/mol. The molecule has 3 rings (SSSR count). The zero-order chi connectivity index (χ0) is 16.7. The molecular weight excluding hydrogens is 344 g/mol. The second kappa shape index (κ2) is 5.72. The van der Waals surface area contributed by atoms with E-state index >= 15 is 0 Å². The average Bonchev–Trinajstić information content (AvgIpc) is 2.80. The lowest BCUT2D eigenvalue weighted by atomic mass is 10.1. The van der Waals surface area contributed by atoms with Gasteiger partial charge in [0.15, 0.2) is 0 Å². The van der Waals surface area contributed by atoms with Gasteiger partial charge in [-0.3, -0.25) is 9.59 Å². The van der Waals surface area contributed by atoms with Crippen LogP contribution in [0.2, 0.25) is 10.0 Å². The van der Waals surface area contributed by atoms with Crippen LogP contribution in [0.3, 0.4) is 0 Å². The lowest BCUT2D eigenvalue weighted by Gasteiger charge is -2.07. The molecule has 0 aliphatic carbocycles. The van der Waals surface area contributed by atoms with Crippen LogP contribution in [0.25, 0.3) is 5.52 Å². The third-order valence-electron chi connectivity index (χ3n) is 3.48. The van der Waals surface area contributed by atoms with Crippen LogP contribution < -0.4 is 11.3 Å². The number of aromatic amines is 1. The highest BCUT2D eigenvalue weighted by atomic mass is 35.5. The summed E-state index contributed by atoms with van der Waals surface area (Å²) in [6.45, 7) is 0. The number of fused-ring (bicyclic) bond motifs is 1. The first-order valence-electron chi connectivity index (χ1n) is 6.53. The maximum atomic E-state index is 13.5. The highest BCUT2D eigenvalue weighted by Gasteiger charge is 2.14. The van der Waals surface area contributed by atoms with Crippen LogP contribution in [0.1, 0.15) is 21.6 Å². The van der Waals surface area contributed by atoms with Crippen molar-refractivity contribution in [2.24, 2.45) is 5.73 Å². The smallest absolute Gasteiger partial charge is 0.273 e. The lowest BCUT2D eigenvalue weighted by molar-refractivity contribution is 0.0996. The van der Waals surface area contributed by atoms with Crippen LogP contribution in [0, 0.1) is 5.82 Å². The molecule has 0 fully saturated rings. The van der Waals surface area contributed by atoms with Gasteiger partial charge in [-0.15, -0.1) is 0 Å².